The van der Waals surface area contributed by atoms with Gasteiger partial charge in [0.15, 0.2) is 17.4 Å². The molecule has 0 saturated heterocycles. The van der Waals surface area contributed by atoms with Crippen molar-refractivity contribution >= 4 is 46.8 Å². The fourth-order valence-electron chi connectivity index (χ4n) is 1.04. The molecule has 0 fully saturated rings. The van der Waals surface area contributed by atoms with Crippen LogP contribution in [-0.4, -0.2) is 65.2 Å². The zero-order valence-corrected chi connectivity index (χ0v) is 15.0. The summed E-state index contributed by atoms with van der Waals surface area (Å²) in [4.78, 5) is 50.9. The third-order valence-corrected chi connectivity index (χ3v) is 1.86. The van der Waals surface area contributed by atoms with Crippen molar-refractivity contribution in [1.29, 1.82) is 0 Å². The number of carbonyl (C=O) groups excluding carboxylic acids is 4. The average Bonchev–Trinajstić information content (AvgIpc) is 2.38. The van der Waals surface area contributed by atoms with E-state index in [9.17, 15) is 24.0 Å². The Morgan fingerprint density at radius 1 is 0.760 bits per heavy atom. The van der Waals surface area contributed by atoms with Gasteiger partial charge in [-0.2, -0.15) is 0 Å². The van der Waals surface area contributed by atoms with Crippen molar-refractivity contribution < 1.29 is 38.6 Å². The number of carbonyl (C=O) groups is 5. The van der Waals surface area contributed by atoms with Gasteiger partial charge in [0.1, 0.15) is 24.4 Å². The first-order valence-corrected chi connectivity index (χ1v) is 7.62. The Morgan fingerprint density at radius 2 is 1.08 bits per heavy atom. The van der Waals surface area contributed by atoms with Gasteiger partial charge < -0.3 is 14.6 Å². The molecule has 0 aliphatic heterocycles. The standard InChI is InChI=1S/2C6H10O3.C4H8O2.Al.3H/c2*1-3-9-6(8)4-5(2)7;1-2-3-4(5)6;;;;/h2*3-4H2,1-2H3;2-3H2,1H3,(H,5,6);;;;. The van der Waals surface area contributed by atoms with Gasteiger partial charge in [-0.05, 0) is 34.1 Å². The number of ether oxygens (including phenoxy) is 2. The molecule has 0 saturated carbocycles. The molecule has 9 heteroatoms. The maximum atomic E-state index is 10.4. The predicted octanol–water partition coefficient (Wildman–Crippen LogP) is 0.744. The van der Waals surface area contributed by atoms with Crippen LogP contribution < -0.4 is 0 Å². The molecule has 25 heavy (non-hydrogen) atoms. The molecule has 0 radical (unpaired) electrons. The Labute approximate surface area is 159 Å². The summed E-state index contributed by atoms with van der Waals surface area (Å²) in [6.45, 7) is 8.65. The number of Topliss-reactive ketones (excluding diaryl/α,β-unsaturated/α-hetero) is 2. The van der Waals surface area contributed by atoms with Crippen LogP contribution in [0.3, 0.4) is 0 Å². The molecule has 0 aliphatic carbocycles. The van der Waals surface area contributed by atoms with Gasteiger partial charge in [0.05, 0.1) is 13.2 Å². The van der Waals surface area contributed by atoms with Crippen molar-refractivity contribution in [1.82, 2.24) is 0 Å². The minimum atomic E-state index is -0.711. The Kier molecular flexibility index (Phi) is 27.7. The summed E-state index contributed by atoms with van der Waals surface area (Å²) < 4.78 is 8.99. The number of carboxylic acids is 1. The summed E-state index contributed by atoms with van der Waals surface area (Å²) >= 11 is 0. The number of hydrogen-bond donors (Lipinski definition) is 1. The van der Waals surface area contributed by atoms with E-state index in [2.05, 4.69) is 9.47 Å². The van der Waals surface area contributed by atoms with Crippen LogP contribution in [-0.2, 0) is 33.4 Å². The van der Waals surface area contributed by atoms with Crippen LogP contribution in [0.15, 0.2) is 0 Å². The third kappa shape index (κ3) is 39.2. The monoisotopic (exact) mass is 378 g/mol. The molecule has 1 N–H and O–H groups in total. The first kappa shape index (κ1) is 31.1. The Morgan fingerprint density at radius 3 is 1.20 bits per heavy atom. The van der Waals surface area contributed by atoms with Crippen LogP contribution in [0.2, 0.25) is 0 Å². The normalized spacial score (nSPS) is 8.20. The van der Waals surface area contributed by atoms with E-state index in [1.807, 2.05) is 6.92 Å². The summed E-state index contributed by atoms with van der Waals surface area (Å²) in [5.41, 5.74) is 0. The highest BCUT2D eigenvalue weighted by Crippen LogP contribution is 1.86. The van der Waals surface area contributed by atoms with E-state index in [1.165, 1.54) is 13.8 Å². The van der Waals surface area contributed by atoms with Gasteiger partial charge >= 0.3 is 17.9 Å². The van der Waals surface area contributed by atoms with E-state index in [-0.39, 0.29) is 41.8 Å². The molecule has 0 amide bonds. The first-order valence-electron chi connectivity index (χ1n) is 7.62. The number of ketones is 2. The van der Waals surface area contributed by atoms with Gasteiger partial charge in [-0.3, -0.25) is 24.0 Å². The molecule has 0 aromatic heterocycles. The van der Waals surface area contributed by atoms with Crippen molar-refractivity contribution in [2.24, 2.45) is 0 Å². The van der Waals surface area contributed by atoms with Gasteiger partial charge in [0.2, 0.25) is 0 Å². The van der Waals surface area contributed by atoms with E-state index in [4.69, 9.17) is 5.11 Å². The minimum Gasteiger partial charge on any atom is -0.481 e. The molecule has 0 atom stereocenters. The third-order valence-electron chi connectivity index (χ3n) is 1.86. The van der Waals surface area contributed by atoms with Gasteiger partial charge in [0.25, 0.3) is 0 Å². The van der Waals surface area contributed by atoms with Gasteiger partial charge in [-0.15, -0.1) is 0 Å². The van der Waals surface area contributed by atoms with Gasteiger partial charge in [0, 0.05) is 6.42 Å². The highest BCUT2D eigenvalue weighted by Gasteiger charge is 2.04. The first-order chi connectivity index (χ1) is 11.1. The second kappa shape index (κ2) is 22.3. The Hall–Kier alpha value is -1.72. The van der Waals surface area contributed by atoms with Crippen LogP contribution in [0.1, 0.15) is 60.3 Å². The fourth-order valence-corrected chi connectivity index (χ4v) is 1.04. The quantitative estimate of drug-likeness (QED) is 0.373. The van der Waals surface area contributed by atoms with Crippen LogP contribution >= 0.6 is 0 Å². The van der Waals surface area contributed by atoms with Crippen molar-refractivity contribution in [2.45, 2.75) is 60.3 Å². The number of aliphatic carboxylic acids is 1. The summed E-state index contributed by atoms with van der Waals surface area (Å²) in [6.07, 6.45) is 0.816. The maximum absolute atomic E-state index is 10.4. The SMILES string of the molecule is CCCC(=O)O.CCOC(=O)CC(C)=O.CCOC(=O)CC(C)=O.[AlH3]. The molecule has 0 spiro atoms. The lowest BCUT2D eigenvalue weighted by molar-refractivity contribution is -0.146. The Bertz CT molecular complexity index is 377. The predicted molar refractivity (Wildman–Crippen MR) is 96.3 cm³/mol. The number of rotatable bonds is 8. The summed E-state index contributed by atoms with van der Waals surface area (Å²) in [5.74, 6) is -1.91. The highest BCUT2D eigenvalue weighted by atomic mass is 27.0. The Balaban J connectivity index is -0.000000133. The summed E-state index contributed by atoms with van der Waals surface area (Å²) in [5, 5.41) is 7.91. The summed E-state index contributed by atoms with van der Waals surface area (Å²) in [6, 6.07) is 0. The fraction of sp³-hybridized carbons (Fsp3) is 0.688. The molecule has 0 aromatic rings. The van der Waals surface area contributed by atoms with Crippen LogP contribution in [0.4, 0.5) is 0 Å². The molecule has 0 aromatic carbocycles. The smallest absolute Gasteiger partial charge is 0.313 e. The van der Waals surface area contributed by atoms with Gasteiger partial charge in [-0.1, -0.05) is 6.92 Å². The number of hydrogen-bond acceptors (Lipinski definition) is 7. The van der Waals surface area contributed by atoms with E-state index < -0.39 is 17.9 Å². The van der Waals surface area contributed by atoms with Crippen LogP contribution in [0, 0.1) is 0 Å². The lowest BCUT2D eigenvalue weighted by atomic mass is 10.3. The average molecular weight is 378 g/mol. The molecule has 0 aliphatic rings. The van der Waals surface area contributed by atoms with Crippen molar-refractivity contribution in [3.05, 3.63) is 0 Å². The molecule has 0 heterocycles. The maximum Gasteiger partial charge on any atom is 0.313 e. The van der Waals surface area contributed by atoms with E-state index in [1.54, 1.807) is 13.8 Å². The highest BCUT2D eigenvalue weighted by molar-refractivity contribution is 5.94. The van der Waals surface area contributed by atoms with E-state index in [0.29, 0.717) is 19.6 Å². The van der Waals surface area contributed by atoms with E-state index >= 15 is 0 Å². The van der Waals surface area contributed by atoms with E-state index in [0.717, 1.165) is 6.42 Å². The largest absolute Gasteiger partial charge is 0.481 e. The molecule has 8 nitrogen and oxygen atoms in total. The molecule has 0 bridgehead atoms. The molecule has 0 rings (SSSR count). The van der Waals surface area contributed by atoms with Crippen molar-refractivity contribution in [2.75, 3.05) is 13.2 Å². The van der Waals surface area contributed by atoms with Crippen molar-refractivity contribution in [3.63, 3.8) is 0 Å². The van der Waals surface area contributed by atoms with Crippen molar-refractivity contribution in [3.8, 4) is 0 Å². The van der Waals surface area contributed by atoms with Crippen LogP contribution in [0.25, 0.3) is 0 Å². The molecule has 146 valence electrons. The second-order valence-electron chi connectivity index (χ2n) is 4.51. The second-order valence-corrected chi connectivity index (χ2v) is 4.51. The summed E-state index contributed by atoms with van der Waals surface area (Å²) in [7, 11) is 0. The topological polar surface area (TPSA) is 124 Å². The molecular formula is C16H31AlO8. The molecule has 0 unspecified atom stereocenters. The zero-order chi connectivity index (χ0) is 19.5. The lowest BCUT2D eigenvalue weighted by Gasteiger charge is -1.96. The van der Waals surface area contributed by atoms with Gasteiger partial charge in [-0.25, -0.2) is 0 Å². The molecular weight excluding hydrogens is 347 g/mol. The number of carboxylic acid groups (broad SMARTS) is 1. The zero-order valence-electron chi connectivity index (χ0n) is 15.0. The lowest BCUT2D eigenvalue weighted by Crippen LogP contribution is -2.07. The van der Waals surface area contributed by atoms with Crippen LogP contribution in [0.5, 0.6) is 0 Å². The minimum absolute atomic E-state index is 0. The number of esters is 2.